The maximum absolute atomic E-state index is 12.1. The Labute approximate surface area is 139 Å². The van der Waals surface area contributed by atoms with Crippen LogP contribution in [0.3, 0.4) is 0 Å². The van der Waals surface area contributed by atoms with Crippen molar-refractivity contribution >= 4 is 28.2 Å². The van der Waals surface area contributed by atoms with E-state index in [-0.39, 0.29) is 11.3 Å². The molecule has 1 aromatic heterocycles. The standard InChI is InChI=1S/C15H25N3O2S2/c1-12(22(3)20)10-16-15(19)18-7-5-17(6-8-18)13(2)14-4-9-21-11-14/h4,9,11-13H,5-8,10H2,1-3H3,(H,16,19)/t12-,13-,22+/m1/s1. The molecule has 1 aliphatic heterocycles. The van der Waals surface area contributed by atoms with Gasteiger partial charge in [0.2, 0.25) is 0 Å². The summed E-state index contributed by atoms with van der Waals surface area (Å²) in [6.07, 6.45) is 1.67. The molecule has 0 bridgehead atoms. The highest BCUT2D eigenvalue weighted by atomic mass is 32.2. The first kappa shape index (κ1) is 17.4. The van der Waals surface area contributed by atoms with Crippen molar-refractivity contribution in [2.45, 2.75) is 25.1 Å². The molecule has 1 saturated heterocycles. The van der Waals surface area contributed by atoms with Crippen molar-refractivity contribution in [3.8, 4) is 0 Å². The molecule has 1 fully saturated rings. The topological polar surface area (TPSA) is 52.6 Å². The van der Waals surface area contributed by atoms with Gasteiger partial charge in [-0.1, -0.05) is 0 Å². The third kappa shape index (κ3) is 4.54. The highest BCUT2D eigenvalue weighted by Gasteiger charge is 2.25. The zero-order valence-electron chi connectivity index (χ0n) is 13.4. The van der Waals surface area contributed by atoms with E-state index in [0.717, 1.165) is 26.2 Å². The molecule has 0 aromatic carbocycles. The summed E-state index contributed by atoms with van der Waals surface area (Å²) in [6, 6.07) is 2.53. The van der Waals surface area contributed by atoms with E-state index in [9.17, 15) is 9.00 Å². The molecule has 0 radical (unpaired) electrons. The van der Waals surface area contributed by atoms with Crippen LogP contribution in [0.2, 0.25) is 0 Å². The van der Waals surface area contributed by atoms with E-state index in [1.807, 2.05) is 11.8 Å². The summed E-state index contributed by atoms with van der Waals surface area (Å²) >= 11 is 1.72. The van der Waals surface area contributed by atoms with Gasteiger partial charge < -0.3 is 10.2 Å². The van der Waals surface area contributed by atoms with Gasteiger partial charge in [0.25, 0.3) is 0 Å². The predicted molar refractivity (Wildman–Crippen MR) is 92.8 cm³/mol. The number of piperazine rings is 1. The van der Waals surface area contributed by atoms with Crippen molar-refractivity contribution < 1.29 is 9.00 Å². The van der Waals surface area contributed by atoms with Gasteiger partial charge in [0.05, 0.1) is 0 Å². The molecular weight excluding hydrogens is 318 g/mol. The van der Waals surface area contributed by atoms with Crippen LogP contribution >= 0.6 is 11.3 Å². The Bertz CT molecular complexity index is 499. The lowest BCUT2D eigenvalue weighted by Gasteiger charge is -2.38. The summed E-state index contributed by atoms with van der Waals surface area (Å²) in [4.78, 5) is 16.4. The van der Waals surface area contributed by atoms with E-state index >= 15 is 0 Å². The van der Waals surface area contributed by atoms with Crippen LogP contribution < -0.4 is 5.32 Å². The van der Waals surface area contributed by atoms with Crippen molar-refractivity contribution in [2.24, 2.45) is 0 Å². The Hall–Kier alpha value is -0.920. The number of urea groups is 1. The van der Waals surface area contributed by atoms with Gasteiger partial charge in [0.1, 0.15) is 0 Å². The van der Waals surface area contributed by atoms with E-state index in [1.165, 1.54) is 5.56 Å². The van der Waals surface area contributed by atoms with Gasteiger partial charge in [-0.15, -0.1) is 0 Å². The largest absolute Gasteiger partial charge is 0.337 e. The van der Waals surface area contributed by atoms with Crippen LogP contribution in [-0.2, 0) is 10.8 Å². The Kier molecular flexibility index (Phi) is 6.40. The minimum Gasteiger partial charge on any atom is -0.337 e. The smallest absolute Gasteiger partial charge is 0.317 e. The summed E-state index contributed by atoms with van der Waals surface area (Å²) < 4.78 is 11.3. The molecule has 1 aliphatic rings. The third-order valence-corrected chi connectivity index (χ3v) is 6.28. The van der Waals surface area contributed by atoms with Gasteiger partial charge >= 0.3 is 6.03 Å². The molecule has 0 aliphatic carbocycles. The molecular formula is C15H25N3O2S2. The van der Waals surface area contributed by atoms with Crippen LogP contribution in [0.15, 0.2) is 16.8 Å². The molecule has 5 nitrogen and oxygen atoms in total. The van der Waals surface area contributed by atoms with Crippen molar-refractivity contribution in [1.82, 2.24) is 15.1 Å². The van der Waals surface area contributed by atoms with E-state index in [0.29, 0.717) is 12.6 Å². The van der Waals surface area contributed by atoms with Crippen LogP contribution in [0, 0.1) is 0 Å². The zero-order valence-corrected chi connectivity index (χ0v) is 15.1. The predicted octanol–water partition coefficient (Wildman–Crippen LogP) is 1.90. The average molecular weight is 344 g/mol. The van der Waals surface area contributed by atoms with Gasteiger partial charge in [-0.3, -0.25) is 9.11 Å². The van der Waals surface area contributed by atoms with E-state index in [2.05, 4.69) is 34.0 Å². The summed E-state index contributed by atoms with van der Waals surface area (Å²) in [6.45, 7) is 7.83. The number of amides is 2. The maximum atomic E-state index is 12.1. The average Bonchev–Trinajstić information content (AvgIpc) is 3.06. The van der Waals surface area contributed by atoms with E-state index < -0.39 is 10.8 Å². The monoisotopic (exact) mass is 343 g/mol. The molecule has 2 heterocycles. The Morgan fingerprint density at radius 2 is 2.05 bits per heavy atom. The Morgan fingerprint density at radius 1 is 1.36 bits per heavy atom. The first-order chi connectivity index (χ1) is 10.5. The van der Waals surface area contributed by atoms with Gasteiger partial charge in [-0.05, 0) is 36.2 Å². The second-order valence-electron chi connectivity index (χ2n) is 5.75. The lowest BCUT2D eigenvalue weighted by Crippen LogP contribution is -2.52. The SMILES string of the molecule is C[C@H](c1ccsc1)N1CCN(C(=O)NC[C@@H](C)[S@](C)=O)CC1. The van der Waals surface area contributed by atoms with Crippen LogP contribution in [0.1, 0.15) is 25.5 Å². The van der Waals surface area contributed by atoms with Gasteiger partial charge in [0.15, 0.2) is 0 Å². The van der Waals surface area contributed by atoms with Crippen LogP contribution in [0.25, 0.3) is 0 Å². The van der Waals surface area contributed by atoms with Crippen LogP contribution in [0.4, 0.5) is 4.79 Å². The normalized spacial score (nSPS) is 20.4. The fourth-order valence-electron chi connectivity index (χ4n) is 2.50. The molecule has 22 heavy (non-hydrogen) atoms. The Balaban J connectivity index is 1.77. The second kappa shape index (κ2) is 8.08. The number of nitrogens with zero attached hydrogens (tertiary/aromatic N) is 2. The minimum atomic E-state index is -0.901. The van der Waals surface area contributed by atoms with E-state index in [1.54, 1.807) is 17.6 Å². The third-order valence-electron chi connectivity index (χ3n) is 4.28. The van der Waals surface area contributed by atoms with Crippen molar-refractivity contribution in [2.75, 3.05) is 39.0 Å². The number of hydrogen-bond donors (Lipinski definition) is 1. The maximum Gasteiger partial charge on any atom is 0.317 e. The summed E-state index contributed by atoms with van der Waals surface area (Å²) in [5.74, 6) is 0. The van der Waals surface area contributed by atoms with Crippen molar-refractivity contribution in [3.05, 3.63) is 22.4 Å². The Morgan fingerprint density at radius 3 is 2.59 bits per heavy atom. The highest BCUT2D eigenvalue weighted by Crippen LogP contribution is 2.23. The summed E-state index contributed by atoms with van der Waals surface area (Å²) in [7, 11) is -0.901. The first-order valence-electron chi connectivity index (χ1n) is 7.60. The van der Waals surface area contributed by atoms with Gasteiger partial charge in [-0.2, -0.15) is 11.3 Å². The molecule has 124 valence electrons. The summed E-state index contributed by atoms with van der Waals surface area (Å²) in [5, 5.41) is 7.17. The lowest BCUT2D eigenvalue weighted by atomic mass is 10.1. The number of thiophene rings is 1. The molecule has 0 saturated carbocycles. The fraction of sp³-hybridized carbons (Fsp3) is 0.667. The van der Waals surface area contributed by atoms with Gasteiger partial charge in [-0.25, -0.2) is 4.79 Å². The van der Waals surface area contributed by atoms with Crippen molar-refractivity contribution in [3.63, 3.8) is 0 Å². The zero-order chi connectivity index (χ0) is 16.1. The molecule has 0 spiro atoms. The van der Waals surface area contributed by atoms with E-state index in [4.69, 9.17) is 0 Å². The quantitative estimate of drug-likeness (QED) is 0.888. The van der Waals surface area contributed by atoms with Crippen LogP contribution in [-0.4, -0.2) is 64.3 Å². The number of carbonyl (C=O) groups excluding carboxylic acids is 1. The molecule has 2 amide bonds. The molecule has 0 unspecified atom stereocenters. The number of rotatable bonds is 5. The highest BCUT2D eigenvalue weighted by molar-refractivity contribution is 7.84. The van der Waals surface area contributed by atoms with Gasteiger partial charge in [0, 0.05) is 61.1 Å². The molecule has 1 aromatic rings. The fourth-order valence-corrected chi connectivity index (χ4v) is 3.56. The number of nitrogens with one attached hydrogen (secondary N) is 1. The first-order valence-corrected chi connectivity index (χ1v) is 10.2. The summed E-state index contributed by atoms with van der Waals surface area (Å²) in [5.41, 5.74) is 1.35. The molecule has 2 rings (SSSR count). The molecule has 3 atom stereocenters. The van der Waals surface area contributed by atoms with Crippen LogP contribution in [0.5, 0.6) is 0 Å². The lowest BCUT2D eigenvalue weighted by molar-refractivity contribution is 0.114. The molecule has 7 heteroatoms. The molecule has 1 N–H and O–H groups in total. The second-order valence-corrected chi connectivity index (χ2v) is 8.33. The number of hydrogen-bond acceptors (Lipinski definition) is 4. The minimum absolute atomic E-state index is 0.0103. The van der Waals surface area contributed by atoms with Crippen molar-refractivity contribution in [1.29, 1.82) is 0 Å². The number of carbonyl (C=O) groups is 1.